The highest BCUT2D eigenvalue weighted by Gasteiger charge is 2.41. The molecule has 3 heterocycles. The van der Waals surface area contributed by atoms with Crippen LogP contribution in [0.15, 0.2) is 4.52 Å². The first kappa shape index (κ1) is 12.1. The van der Waals surface area contributed by atoms with Crippen molar-refractivity contribution < 1.29 is 14.0 Å². The summed E-state index contributed by atoms with van der Waals surface area (Å²) in [6.45, 7) is 7.24. The lowest BCUT2D eigenvalue weighted by molar-refractivity contribution is -0.188. The summed E-state index contributed by atoms with van der Waals surface area (Å²) in [6, 6.07) is 0.157. The van der Waals surface area contributed by atoms with Crippen molar-refractivity contribution in [2.45, 2.75) is 38.5 Å². The van der Waals surface area contributed by atoms with E-state index in [1.165, 1.54) is 0 Å². The third kappa shape index (κ3) is 2.15. The zero-order valence-corrected chi connectivity index (χ0v) is 10.9. The van der Waals surface area contributed by atoms with Gasteiger partial charge in [0, 0.05) is 25.9 Å². The molecule has 6 heteroatoms. The highest BCUT2D eigenvalue weighted by molar-refractivity contribution is 4.93. The van der Waals surface area contributed by atoms with Crippen LogP contribution < -0.4 is 0 Å². The van der Waals surface area contributed by atoms with Crippen LogP contribution in [0.25, 0.3) is 0 Å². The maximum atomic E-state index is 5.72. The highest BCUT2D eigenvalue weighted by atomic mass is 16.7. The third-order valence-electron chi connectivity index (χ3n) is 3.82. The normalized spacial score (nSPS) is 25.7. The number of likely N-dealkylation sites (tertiary alicyclic amines) is 1. The molecule has 6 nitrogen and oxygen atoms in total. The van der Waals surface area contributed by atoms with Crippen LogP contribution in [-0.2, 0) is 9.47 Å². The van der Waals surface area contributed by atoms with Crippen molar-refractivity contribution in [3.63, 3.8) is 0 Å². The minimum absolute atomic E-state index is 0.157. The predicted octanol–water partition coefficient (Wildman–Crippen LogP) is 1.28. The van der Waals surface area contributed by atoms with E-state index in [-0.39, 0.29) is 11.8 Å². The number of hydrogen-bond donors (Lipinski definition) is 0. The van der Waals surface area contributed by atoms with Crippen LogP contribution in [0.4, 0.5) is 0 Å². The molecule has 2 fully saturated rings. The van der Waals surface area contributed by atoms with Crippen molar-refractivity contribution in [1.82, 2.24) is 15.0 Å². The van der Waals surface area contributed by atoms with Gasteiger partial charge in [-0.25, -0.2) is 0 Å². The molecule has 18 heavy (non-hydrogen) atoms. The fourth-order valence-electron chi connectivity index (χ4n) is 2.68. The van der Waals surface area contributed by atoms with Gasteiger partial charge in [0.25, 0.3) is 0 Å². The zero-order valence-electron chi connectivity index (χ0n) is 10.9. The molecule has 0 unspecified atom stereocenters. The summed E-state index contributed by atoms with van der Waals surface area (Å²) in [5.41, 5.74) is 0. The monoisotopic (exact) mass is 253 g/mol. The molecule has 1 aromatic heterocycles. The lowest BCUT2D eigenvalue weighted by Crippen LogP contribution is -2.45. The van der Waals surface area contributed by atoms with Crippen molar-refractivity contribution >= 4 is 0 Å². The summed E-state index contributed by atoms with van der Waals surface area (Å²) in [5, 5.41) is 3.84. The van der Waals surface area contributed by atoms with Crippen molar-refractivity contribution in [3.05, 3.63) is 11.7 Å². The Morgan fingerprint density at radius 2 is 1.89 bits per heavy atom. The van der Waals surface area contributed by atoms with Gasteiger partial charge in [-0.2, -0.15) is 4.98 Å². The van der Waals surface area contributed by atoms with Crippen LogP contribution in [0.1, 0.15) is 37.5 Å². The number of piperidine rings is 1. The van der Waals surface area contributed by atoms with Crippen molar-refractivity contribution in [3.8, 4) is 0 Å². The average Bonchev–Trinajstić information content (AvgIpc) is 3.00. The maximum absolute atomic E-state index is 5.72. The molecule has 0 bridgehead atoms. The summed E-state index contributed by atoms with van der Waals surface area (Å²) in [6.07, 6.45) is 1.81. The first-order chi connectivity index (χ1) is 8.69. The quantitative estimate of drug-likeness (QED) is 0.791. The fraction of sp³-hybridized carbons (Fsp3) is 0.833. The van der Waals surface area contributed by atoms with E-state index in [0.717, 1.165) is 39.1 Å². The number of aromatic nitrogens is 2. The van der Waals surface area contributed by atoms with E-state index in [1.807, 2.05) is 6.92 Å². The first-order valence-corrected chi connectivity index (χ1v) is 6.51. The SMILES string of the molecule is Cc1noc([C@H](C)N2CCC3(CC2)OCCO3)n1. The van der Waals surface area contributed by atoms with E-state index in [2.05, 4.69) is 22.0 Å². The number of ether oxygens (including phenoxy) is 2. The second-order valence-corrected chi connectivity index (χ2v) is 5.00. The van der Waals surface area contributed by atoms with E-state index in [4.69, 9.17) is 14.0 Å². The van der Waals surface area contributed by atoms with Gasteiger partial charge in [-0.3, -0.25) is 4.90 Å². The van der Waals surface area contributed by atoms with Crippen molar-refractivity contribution in [2.75, 3.05) is 26.3 Å². The third-order valence-corrected chi connectivity index (χ3v) is 3.82. The predicted molar refractivity (Wildman–Crippen MR) is 62.9 cm³/mol. The van der Waals surface area contributed by atoms with Crippen LogP contribution in [0, 0.1) is 6.92 Å². The molecule has 100 valence electrons. The van der Waals surface area contributed by atoms with Gasteiger partial charge in [0.05, 0.1) is 19.3 Å². The maximum Gasteiger partial charge on any atom is 0.243 e. The molecule has 1 aromatic rings. The van der Waals surface area contributed by atoms with Crippen LogP contribution in [0.5, 0.6) is 0 Å². The van der Waals surface area contributed by atoms with E-state index in [9.17, 15) is 0 Å². The topological polar surface area (TPSA) is 60.6 Å². The van der Waals surface area contributed by atoms with Gasteiger partial charge in [0.15, 0.2) is 11.6 Å². The van der Waals surface area contributed by atoms with Gasteiger partial charge in [-0.05, 0) is 13.8 Å². The van der Waals surface area contributed by atoms with Gasteiger partial charge in [0.2, 0.25) is 5.89 Å². The van der Waals surface area contributed by atoms with Gasteiger partial charge in [-0.1, -0.05) is 5.16 Å². The van der Waals surface area contributed by atoms with Gasteiger partial charge >= 0.3 is 0 Å². The Bertz CT molecular complexity index is 404. The molecule has 0 N–H and O–H groups in total. The molecule has 0 amide bonds. The summed E-state index contributed by atoms with van der Waals surface area (Å²) in [5.74, 6) is 1.06. The number of nitrogens with zero attached hydrogens (tertiary/aromatic N) is 3. The van der Waals surface area contributed by atoms with Crippen LogP contribution in [0.3, 0.4) is 0 Å². The van der Waals surface area contributed by atoms with E-state index < -0.39 is 0 Å². The Morgan fingerprint density at radius 1 is 1.22 bits per heavy atom. The van der Waals surface area contributed by atoms with Gasteiger partial charge in [-0.15, -0.1) is 0 Å². The minimum atomic E-state index is -0.318. The average molecular weight is 253 g/mol. The molecule has 0 aromatic carbocycles. The van der Waals surface area contributed by atoms with E-state index in [1.54, 1.807) is 0 Å². The minimum Gasteiger partial charge on any atom is -0.347 e. The number of rotatable bonds is 2. The Kier molecular flexibility index (Phi) is 3.09. The largest absolute Gasteiger partial charge is 0.347 e. The zero-order chi connectivity index (χ0) is 12.6. The number of hydrogen-bond acceptors (Lipinski definition) is 6. The van der Waals surface area contributed by atoms with Gasteiger partial charge in [0.1, 0.15) is 0 Å². The second-order valence-electron chi connectivity index (χ2n) is 5.00. The lowest BCUT2D eigenvalue weighted by Gasteiger charge is -2.39. The number of aryl methyl sites for hydroxylation is 1. The molecule has 0 radical (unpaired) electrons. The van der Waals surface area contributed by atoms with E-state index in [0.29, 0.717) is 11.7 Å². The second kappa shape index (κ2) is 4.60. The standard InChI is InChI=1S/C12H19N3O3/c1-9(11-13-10(2)14-18-11)15-5-3-12(4-6-15)16-7-8-17-12/h9H,3-8H2,1-2H3/t9-/m0/s1. The summed E-state index contributed by atoms with van der Waals surface area (Å²) in [4.78, 5) is 6.63. The van der Waals surface area contributed by atoms with Crippen LogP contribution in [0.2, 0.25) is 0 Å². The van der Waals surface area contributed by atoms with E-state index >= 15 is 0 Å². The molecule has 1 atom stereocenters. The highest BCUT2D eigenvalue weighted by Crippen LogP contribution is 2.34. The van der Waals surface area contributed by atoms with Crippen LogP contribution in [-0.4, -0.2) is 47.1 Å². The molecular formula is C12H19N3O3. The van der Waals surface area contributed by atoms with Crippen molar-refractivity contribution in [2.24, 2.45) is 0 Å². The Hall–Kier alpha value is -0.980. The Morgan fingerprint density at radius 3 is 2.44 bits per heavy atom. The lowest BCUT2D eigenvalue weighted by atomic mass is 10.0. The molecule has 2 saturated heterocycles. The first-order valence-electron chi connectivity index (χ1n) is 6.51. The van der Waals surface area contributed by atoms with Gasteiger partial charge < -0.3 is 14.0 Å². The summed E-state index contributed by atoms with van der Waals surface area (Å²) >= 11 is 0. The molecule has 0 aliphatic carbocycles. The fourth-order valence-corrected chi connectivity index (χ4v) is 2.68. The summed E-state index contributed by atoms with van der Waals surface area (Å²) in [7, 11) is 0. The molecule has 2 aliphatic heterocycles. The molecule has 2 aliphatic rings. The Balaban J connectivity index is 1.62. The molecule has 0 saturated carbocycles. The molecular weight excluding hydrogens is 234 g/mol. The smallest absolute Gasteiger partial charge is 0.243 e. The molecule has 3 rings (SSSR count). The summed E-state index contributed by atoms with van der Waals surface area (Å²) < 4.78 is 16.7. The van der Waals surface area contributed by atoms with Crippen LogP contribution >= 0.6 is 0 Å². The Labute approximate surface area is 106 Å². The molecule has 1 spiro atoms. The van der Waals surface area contributed by atoms with Crippen molar-refractivity contribution in [1.29, 1.82) is 0 Å².